The zero-order valence-corrected chi connectivity index (χ0v) is 19.7. The molecule has 0 bridgehead atoms. The maximum Gasteiger partial charge on any atom is 0.213 e. The summed E-state index contributed by atoms with van der Waals surface area (Å²) in [5.74, 6) is 0.562. The lowest BCUT2D eigenvalue weighted by Gasteiger charge is -2.30. The topological polar surface area (TPSA) is 56.4 Å². The number of hydrogen-bond donors (Lipinski definition) is 1. The van der Waals surface area contributed by atoms with E-state index in [1.807, 2.05) is 0 Å². The van der Waals surface area contributed by atoms with E-state index in [1.165, 1.54) is 27.6 Å². The van der Waals surface area contributed by atoms with Crippen LogP contribution in [0.2, 0.25) is 0 Å². The van der Waals surface area contributed by atoms with Gasteiger partial charge >= 0.3 is 0 Å². The number of rotatable bonds is 6. The van der Waals surface area contributed by atoms with Crippen LogP contribution in [0.3, 0.4) is 0 Å². The Bertz CT molecular complexity index is 1160. The minimum atomic E-state index is -3.09. The monoisotopic (exact) mass is 439 g/mol. The molecule has 5 nitrogen and oxygen atoms in total. The molecule has 4 rings (SSSR count). The summed E-state index contributed by atoms with van der Waals surface area (Å²) < 4.78 is 26.0. The molecule has 1 unspecified atom stereocenters. The fourth-order valence-electron chi connectivity index (χ4n) is 4.56. The number of H-pyrrole nitrogens is 1. The molecule has 3 aromatic rings. The lowest BCUT2D eigenvalue weighted by Crippen LogP contribution is -2.38. The van der Waals surface area contributed by atoms with Gasteiger partial charge in [-0.25, -0.2) is 12.7 Å². The Balaban J connectivity index is 1.62. The first kappa shape index (κ1) is 22.1. The van der Waals surface area contributed by atoms with Crippen LogP contribution in [0.1, 0.15) is 49.8 Å². The van der Waals surface area contributed by atoms with Gasteiger partial charge in [-0.05, 0) is 87.2 Å². The Morgan fingerprint density at radius 1 is 1.10 bits per heavy atom. The molecule has 0 saturated carbocycles. The maximum atomic E-state index is 12.2. The third-order valence-corrected chi connectivity index (χ3v) is 8.72. The summed E-state index contributed by atoms with van der Waals surface area (Å²) in [6.45, 7) is 5.16. The molecule has 0 aliphatic carbocycles. The zero-order valence-electron chi connectivity index (χ0n) is 18.9. The molecule has 1 aliphatic heterocycles. The van der Waals surface area contributed by atoms with Crippen LogP contribution >= 0.6 is 0 Å². The maximum absolute atomic E-state index is 12.2. The highest BCUT2D eigenvalue weighted by molar-refractivity contribution is 7.89. The Morgan fingerprint density at radius 2 is 1.81 bits per heavy atom. The molecule has 1 saturated heterocycles. The minimum absolute atomic E-state index is 0.180. The van der Waals surface area contributed by atoms with E-state index in [9.17, 15) is 8.42 Å². The van der Waals surface area contributed by atoms with Gasteiger partial charge in [-0.2, -0.15) is 0 Å². The predicted molar refractivity (Wildman–Crippen MR) is 129 cm³/mol. The van der Waals surface area contributed by atoms with Crippen LogP contribution in [0.15, 0.2) is 48.7 Å². The SMILES string of the molecule is CCS(=O)(=O)N1CCC(c2c[nH]c3ccc(-c4cccc(C(C)N(C)C)c4)cc23)CC1. The van der Waals surface area contributed by atoms with Gasteiger partial charge in [-0.15, -0.1) is 0 Å². The van der Waals surface area contributed by atoms with Crippen LogP contribution in [0.5, 0.6) is 0 Å². The highest BCUT2D eigenvalue weighted by Gasteiger charge is 2.28. The number of piperidine rings is 1. The van der Waals surface area contributed by atoms with Crippen molar-refractivity contribution in [3.63, 3.8) is 0 Å². The second-order valence-corrected chi connectivity index (χ2v) is 11.1. The van der Waals surface area contributed by atoms with Crippen molar-refractivity contribution in [3.05, 3.63) is 59.8 Å². The summed E-state index contributed by atoms with van der Waals surface area (Å²) in [6.07, 6.45) is 3.85. The van der Waals surface area contributed by atoms with E-state index in [4.69, 9.17) is 0 Å². The lowest BCUT2D eigenvalue weighted by atomic mass is 9.89. The summed E-state index contributed by atoms with van der Waals surface area (Å²) in [5, 5.41) is 1.25. The Labute approximate surface area is 186 Å². The first-order valence-corrected chi connectivity index (χ1v) is 12.8. The molecule has 1 fully saturated rings. The van der Waals surface area contributed by atoms with Gasteiger partial charge in [0.1, 0.15) is 0 Å². The van der Waals surface area contributed by atoms with Gasteiger partial charge < -0.3 is 9.88 Å². The van der Waals surface area contributed by atoms with E-state index in [2.05, 4.69) is 79.6 Å². The molecule has 1 N–H and O–H groups in total. The third-order valence-electron chi connectivity index (χ3n) is 6.84. The number of nitrogens with one attached hydrogen (secondary N) is 1. The smallest absolute Gasteiger partial charge is 0.213 e. The third kappa shape index (κ3) is 4.43. The number of aromatic nitrogens is 1. The second kappa shape index (κ2) is 8.77. The average Bonchev–Trinajstić information content (AvgIpc) is 3.22. The summed E-state index contributed by atoms with van der Waals surface area (Å²) in [6, 6.07) is 15.8. The lowest BCUT2D eigenvalue weighted by molar-refractivity contribution is 0.321. The Hall–Kier alpha value is -2.15. The van der Waals surface area contributed by atoms with Crippen LogP contribution in [0.4, 0.5) is 0 Å². The molecule has 0 spiro atoms. The number of fused-ring (bicyclic) bond motifs is 1. The summed E-state index contributed by atoms with van der Waals surface area (Å²) >= 11 is 0. The minimum Gasteiger partial charge on any atom is -0.361 e. The van der Waals surface area contributed by atoms with Crippen LogP contribution in [-0.4, -0.2) is 55.5 Å². The average molecular weight is 440 g/mol. The number of benzene rings is 2. The van der Waals surface area contributed by atoms with E-state index in [0.717, 1.165) is 18.4 Å². The zero-order chi connectivity index (χ0) is 22.2. The molecule has 166 valence electrons. The summed E-state index contributed by atoms with van der Waals surface area (Å²) in [5.41, 5.74) is 6.20. The van der Waals surface area contributed by atoms with Gasteiger partial charge in [-0.1, -0.05) is 24.3 Å². The normalized spacial score (nSPS) is 17.5. The quantitative estimate of drug-likeness (QED) is 0.589. The molecule has 31 heavy (non-hydrogen) atoms. The molecular formula is C25H33N3O2S. The van der Waals surface area contributed by atoms with Crippen molar-refractivity contribution < 1.29 is 8.42 Å². The van der Waals surface area contributed by atoms with E-state index < -0.39 is 10.0 Å². The molecule has 1 aromatic heterocycles. The van der Waals surface area contributed by atoms with Gasteiger partial charge in [-0.3, -0.25) is 0 Å². The number of aromatic amines is 1. The van der Waals surface area contributed by atoms with Crippen molar-refractivity contribution in [1.82, 2.24) is 14.2 Å². The van der Waals surface area contributed by atoms with Crippen molar-refractivity contribution in [2.24, 2.45) is 0 Å². The first-order chi connectivity index (χ1) is 14.8. The van der Waals surface area contributed by atoms with Crippen LogP contribution in [0.25, 0.3) is 22.0 Å². The van der Waals surface area contributed by atoms with Gasteiger partial charge in [0.15, 0.2) is 0 Å². The van der Waals surface area contributed by atoms with Crippen molar-refractivity contribution in [3.8, 4) is 11.1 Å². The molecule has 2 aromatic carbocycles. The Morgan fingerprint density at radius 3 is 2.48 bits per heavy atom. The van der Waals surface area contributed by atoms with Crippen molar-refractivity contribution in [2.75, 3.05) is 32.9 Å². The van der Waals surface area contributed by atoms with Crippen molar-refractivity contribution >= 4 is 20.9 Å². The summed E-state index contributed by atoms with van der Waals surface area (Å²) in [4.78, 5) is 5.64. The number of hydrogen-bond acceptors (Lipinski definition) is 3. The molecule has 0 amide bonds. The summed E-state index contributed by atoms with van der Waals surface area (Å²) in [7, 11) is 1.11. The highest BCUT2D eigenvalue weighted by atomic mass is 32.2. The molecule has 6 heteroatoms. The molecule has 2 heterocycles. The molecular weight excluding hydrogens is 406 g/mol. The van der Waals surface area contributed by atoms with Crippen molar-refractivity contribution in [2.45, 2.75) is 38.6 Å². The van der Waals surface area contributed by atoms with Gasteiger partial charge in [0.2, 0.25) is 10.0 Å². The van der Waals surface area contributed by atoms with Gasteiger partial charge in [0.25, 0.3) is 0 Å². The van der Waals surface area contributed by atoms with Crippen LogP contribution < -0.4 is 0 Å². The molecule has 1 atom stereocenters. The van der Waals surface area contributed by atoms with E-state index in [1.54, 1.807) is 11.2 Å². The van der Waals surface area contributed by atoms with Gasteiger partial charge in [0.05, 0.1) is 5.75 Å². The fraction of sp³-hybridized carbons (Fsp3) is 0.440. The molecule has 1 aliphatic rings. The molecule has 0 radical (unpaired) electrons. The van der Waals surface area contributed by atoms with Gasteiger partial charge in [0, 0.05) is 36.2 Å². The van der Waals surface area contributed by atoms with Crippen LogP contribution in [-0.2, 0) is 10.0 Å². The first-order valence-electron chi connectivity index (χ1n) is 11.2. The highest BCUT2D eigenvalue weighted by Crippen LogP contribution is 2.36. The van der Waals surface area contributed by atoms with Crippen LogP contribution in [0, 0.1) is 0 Å². The Kier molecular flexibility index (Phi) is 6.24. The second-order valence-electron chi connectivity index (χ2n) is 8.84. The van der Waals surface area contributed by atoms with E-state index in [-0.39, 0.29) is 5.75 Å². The van der Waals surface area contributed by atoms with Crippen molar-refractivity contribution in [1.29, 1.82) is 0 Å². The standard InChI is InChI=1S/C25H33N3O2S/c1-5-31(29,30)28-13-11-19(12-14-28)24-17-26-25-10-9-22(16-23(24)25)21-8-6-7-20(15-21)18(2)27(3)4/h6-10,15-19,26H,5,11-14H2,1-4H3. The van der Waals surface area contributed by atoms with E-state index >= 15 is 0 Å². The van der Waals surface area contributed by atoms with E-state index in [0.29, 0.717) is 25.0 Å². The largest absolute Gasteiger partial charge is 0.361 e. The number of sulfonamides is 1. The predicted octanol–water partition coefficient (Wildman–Crippen LogP) is 4.99. The fourth-order valence-corrected chi connectivity index (χ4v) is 5.70. The number of nitrogens with zero attached hydrogens (tertiary/aromatic N) is 2.